The van der Waals surface area contributed by atoms with E-state index >= 15 is 0 Å². The summed E-state index contributed by atoms with van der Waals surface area (Å²) in [5.74, 6) is 1.34. The molecule has 20 heavy (non-hydrogen) atoms. The Morgan fingerprint density at radius 3 is 2.00 bits per heavy atom. The summed E-state index contributed by atoms with van der Waals surface area (Å²) in [6.07, 6.45) is 0. The molecule has 0 aromatic heterocycles. The molecule has 2 aromatic rings. The average molecular weight is 272 g/mol. The van der Waals surface area contributed by atoms with Crippen LogP contribution in [0.3, 0.4) is 0 Å². The number of ether oxygens (including phenoxy) is 2. The molecule has 3 heteroatoms. The van der Waals surface area contributed by atoms with Crippen LogP contribution in [-0.2, 0) is 5.60 Å². The van der Waals surface area contributed by atoms with E-state index in [0.29, 0.717) is 18.1 Å². The highest BCUT2D eigenvalue weighted by atomic mass is 16.5. The van der Waals surface area contributed by atoms with Gasteiger partial charge in [-0.3, -0.25) is 0 Å². The minimum atomic E-state index is -1.18. The lowest BCUT2D eigenvalue weighted by molar-refractivity contribution is 0.0950. The van der Waals surface area contributed by atoms with Crippen LogP contribution in [0.1, 0.15) is 25.0 Å². The van der Waals surface area contributed by atoms with Gasteiger partial charge in [0.05, 0.1) is 13.7 Å². The second kappa shape index (κ2) is 5.97. The minimum absolute atomic E-state index is 0.555. The molecule has 1 unspecified atom stereocenters. The molecule has 0 aliphatic rings. The van der Waals surface area contributed by atoms with Crippen LogP contribution in [0.5, 0.6) is 11.5 Å². The van der Waals surface area contributed by atoms with Gasteiger partial charge in [-0.2, -0.15) is 0 Å². The Morgan fingerprint density at radius 1 is 0.950 bits per heavy atom. The van der Waals surface area contributed by atoms with Gasteiger partial charge in [0.25, 0.3) is 0 Å². The molecular formula is C17H20O3. The third kappa shape index (κ3) is 2.63. The summed E-state index contributed by atoms with van der Waals surface area (Å²) in [6, 6.07) is 15.0. The maximum Gasteiger partial charge on any atom is 0.125 e. The highest BCUT2D eigenvalue weighted by molar-refractivity contribution is 5.48. The first kappa shape index (κ1) is 14.4. The van der Waals surface area contributed by atoms with Crippen molar-refractivity contribution in [1.82, 2.24) is 0 Å². The first-order valence-corrected chi connectivity index (χ1v) is 6.69. The number of hydrogen-bond donors (Lipinski definition) is 1. The Balaban J connectivity index is 2.54. The molecule has 0 amide bonds. The number of rotatable bonds is 5. The summed E-state index contributed by atoms with van der Waals surface area (Å²) in [4.78, 5) is 0. The Morgan fingerprint density at radius 2 is 1.45 bits per heavy atom. The van der Waals surface area contributed by atoms with Crippen molar-refractivity contribution in [3.63, 3.8) is 0 Å². The molecule has 106 valence electrons. The summed E-state index contributed by atoms with van der Waals surface area (Å²) in [5.41, 5.74) is 0.263. The van der Waals surface area contributed by atoms with Gasteiger partial charge in [0.2, 0.25) is 0 Å². The van der Waals surface area contributed by atoms with E-state index in [1.54, 1.807) is 14.0 Å². The van der Waals surface area contributed by atoms with Gasteiger partial charge in [-0.25, -0.2) is 0 Å². The molecule has 0 radical (unpaired) electrons. The van der Waals surface area contributed by atoms with E-state index in [9.17, 15) is 5.11 Å². The Hall–Kier alpha value is -2.00. The maximum absolute atomic E-state index is 11.0. The van der Waals surface area contributed by atoms with Crippen molar-refractivity contribution in [2.24, 2.45) is 0 Å². The Labute approximate surface area is 119 Å². The summed E-state index contributed by atoms with van der Waals surface area (Å²) >= 11 is 0. The van der Waals surface area contributed by atoms with Gasteiger partial charge >= 0.3 is 0 Å². The molecule has 2 rings (SSSR count). The molecule has 3 nitrogen and oxygen atoms in total. The van der Waals surface area contributed by atoms with Crippen LogP contribution in [0.15, 0.2) is 48.5 Å². The molecule has 2 aromatic carbocycles. The predicted octanol–water partition coefficient (Wildman–Crippen LogP) is 3.35. The van der Waals surface area contributed by atoms with Gasteiger partial charge in [-0.15, -0.1) is 0 Å². The maximum atomic E-state index is 11.0. The molecule has 0 bridgehead atoms. The molecule has 1 N–H and O–H groups in total. The molecule has 0 spiro atoms. The van der Waals surface area contributed by atoms with Gasteiger partial charge in [-0.05, 0) is 26.0 Å². The van der Waals surface area contributed by atoms with Crippen LogP contribution in [0, 0.1) is 0 Å². The predicted molar refractivity (Wildman–Crippen MR) is 79.3 cm³/mol. The monoisotopic (exact) mass is 272 g/mol. The second-order valence-electron chi connectivity index (χ2n) is 4.70. The van der Waals surface area contributed by atoms with Crippen molar-refractivity contribution >= 4 is 0 Å². The number of methoxy groups -OCH3 is 1. The SMILES string of the molecule is CCOc1ccccc1C(C)(O)c1ccccc1OC. The van der Waals surface area contributed by atoms with E-state index < -0.39 is 5.60 Å². The first-order valence-electron chi connectivity index (χ1n) is 6.69. The van der Waals surface area contributed by atoms with Gasteiger partial charge in [-0.1, -0.05) is 36.4 Å². The number of hydrogen-bond acceptors (Lipinski definition) is 3. The van der Waals surface area contributed by atoms with Crippen LogP contribution < -0.4 is 9.47 Å². The van der Waals surface area contributed by atoms with Crippen LogP contribution in [0.25, 0.3) is 0 Å². The van der Waals surface area contributed by atoms with Gasteiger partial charge in [0.1, 0.15) is 17.1 Å². The largest absolute Gasteiger partial charge is 0.496 e. The number of benzene rings is 2. The van der Waals surface area contributed by atoms with Crippen molar-refractivity contribution in [3.8, 4) is 11.5 Å². The fourth-order valence-corrected chi connectivity index (χ4v) is 2.34. The second-order valence-corrected chi connectivity index (χ2v) is 4.70. The van der Waals surface area contributed by atoms with E-state index in [2.05, 4.69) is 0 Å². The van der Waals surface area contributed by atoms with Crippen LogP contribution >= 0.6 is 0 Å². The zero-order chi connectivity index (χ0) is 14.6. The topological polar surface area (TPSA) is 38.7 Å². The molecule has 0 saturated carbocycles. The van der Waals surface area contributed by atoms with E-state index in [0.717, 1.165) is 11.1 Å². The van der Waals surface area contributed by atoms with E-state index in [4.69, 9.17) is 9.47 Å². The highest BCUT2D eigenvalue weighted by Crippen LogP contribution is 2.39. The standard InChI is InChI=1S/C17H20O3/c1-4-20-16-12-8-6-10-14(16)17(2,18)13-9-5-7-11-15(13)19-3/h5-12,18H,4H2,1-3H3. The third-order valence-electron chi connectivity index (χ3n) is 3.34. The first-order chi connectivity index (χ1) is 9.61. The lowest BCUT2D eigenvalue weighted by Gasteiger charge is -2.28. The van der Waals surface area contributed by atoms with Gasteiger partial charge in [0.15, 0.2) is 0 Å². The molecule has 0 aliphatic heterocycles. The molecule has 1 atom stereocenters. The smallest absolute Gasteiger partial charge is 0.125 e. The fourth-order valence-electron chi connectivity index (χ4n) is 2.34. The summed E-state index contributed by atoms with van der Waals surface area (Å²) in [7, 11) is 1.60. The summed E-state index contributed by atoms with van der Waals surface area (Å²) in [6.45, 7) is 4.23. The number of para-hydroxylation sites is 2. The van der Waals surface area contributed by atoms with Crippen molar-refractivity contribution in [2.45, 2.75) is 19.4 Å². The Kier molecular flexibility index (Phi) is 4.30. The summed E-state index contributed by atoms with van der Waals surface area (Å²) < 4.78 is 11.0. The summed E-state index contributed by atoms with van der Waals surface area (Å²) in [5, 5.41) is 11.0. The van der Waals surface area contributed by atoms with Crippen molar-refractivity contribution in [3.05, 3.63) is 59.7 Å². The quantitative estimate of drug-likeness (QED) is 0.907. The molecule has 0 heterocycles. The van der Waals surface area contributed by atoms with E-state index in [1.807, 2.05) is 55.5 Å². The van der Waals surface area contributed by atoms with Crippen molar-refractivity contribution < 1.29 is 14.6 Å². The minimum Gasteiger partial charge on any atom is -0.496 e. The lowest BCUT2D eigenvalue weighted by Crippen LogP contribution is -2.24. The highest BCUT2D eigenvalue weighted by Gasteiger charge is 2.31. The van der Waals surface area contributed by atoms with Crippen LogP contribution in [0.2, 0.25) is 0 Å². The molecule has 0 saturated heterocycles. The molecule has 0 aliphatic carbocycles. The van der Waals surface area contributed by atoms with Gasteiger partial charge in [0, 0.05) is 11.1 Å². The van der Waals surface area contributed by atoms with Crippen LogP contribution in [0.4, 0.5) is 0 Å². The molecule has 0 fully saturated rings. The van der Waals surface area contributed by atoms with Gasteiger partial charge < -0.3 is 14.6 Å². The van der Waals surface area contributed by atoms with E-state index in [-0.39, 0.29) is 0 Å². The van der Waals surface area contributed by atoms with Crippen LogP contribution in [-0.4, -0.2) is 18.8 Å². The third-order valence-corrected chi connectivity index (χ3v) is 3.34. The fraction of sp³-hybridized carbons (Fsp3) is 0.294. The van der Waals surface area contributed by atoms with Crippen molar-refractivity contribution in [2.75, 3.05) is 13.7 Å². The van der Waals surface area contributed by atoms with Crippen molar-refractivity contribution in [1.29, 1.82) is 0 Å². The Bertz CT molecular complexity index is 576. The zero-order valence-corrected chi connectivity index (χ0v) is 12.1. The zero-order valence-electron chi connectivity index (χ0n) is 12.1. The average Bonchev–Trinajstić information content (AvgIpc) is 2.48. The normalized spacial score (nSPS) is 13.6. The van der Waals surface area contributed by atoms with E-state index in [1.165, 1.54) is 0 Å². The molecular weight excluding hydrogens is 252 g/mol. The lowest BCUT2D eigenvalue weighted by atomic mass is 9.87. The number of aliphatic hydroxyl groups is 1.